The van der Waals surface area contributed by atoms with Crippen LogP contribution >= 0.6 is 0 Å². The van der Waals surface area contributed by atoms with E-state index in [1.807, 2.05) is 84.9 Å². The second kappa shape index (κ2) is 10.5. The molecule has 3 aliphatic heterocycles. The van der Waals surface area contributed by atoms with Gasteiger partial charge in [-0.2, -0.15) is 13.2 Å². The quantitative estimate of drug-likeness (QED) is 0.197. The number of alkyl halides is 3. The number of hydrogen-bond donors (Lipinski definition) is 0. The molecule has 0 radical (unpaired) electrons. The number of benzene rings is 4. The Morgan fingerprint density at radius 1 is 0.750 bits per heavy atom. The lowest BCUT2D eigenvalue weighted by Crippen LogP contribution is -2.49. The first-order chi connectivity index (χ1) is 21.2. The van der Waals surface area contributed by atoms with Crippen molar-refractivity contribution in [2.24, 2.45) is 11.8 Å². The number of amides is 2. The maximum Gasteiger partial charge on any atom is 0.416 e. The second-order valence-corrected chi connectivity index (χ2v) is 11.0. The van der Waals surface area contributed by atoms with Crippen molar-refractivity contribution < 1.29 is 32.3 Å². The molecule has 2 amide bonds. The van der Waals surface area contributed by atoms with Crippen molar-refractivity contribution in [3.05, 3.63) is 138 Å². The van der Waals surface area contributed by atoms with Gasteiger partial charge < -0.3 is 9.64 Å². The average molecular weight is 595 g/mol. The smallest absolute Gasteiger partial charge is 0.416 e. The first kappa shape index (κ1) is 27.6. The lowest BCUT2D eigenvalue weighted by Gasteiger charge is -2.36. The van der Waals surface area contributed by atoms with Crippen LogP contribution in [-0.4, -0.2) is 29.9 Å². The molecule has 3 aliphatic rings. The maximum absolute atomic E-state index is 14.4. The Hall–Kier alpha value is -5.18. The number of para-hydroxylation sites is 1. The van der Waals surface area contributed by atoms with Gasteiger partial charge in [0.1, 0.15) is 6.04 Å². The molecule has 7 rings (SSSR count). The fourth-order valence-electron chi connectivity index (χ4n) is 6.63. The number of nitrogens with zero attached hydrogens (tertiary/aromatic N) is 2. The zero-order valence-corrected chi connectivity index (χ0v) is 23.1. The third-order valence-electron chi connectivity index (χ3n) is 8.53. The predicted molar refractivity (Wildman–Crippen MR) is 157 cm³/mol. The van der Waals surface area contributed by atoms with Gasteiger partial charge in [0, 0.05) is 5.69 Å². The number of rotatable bonds is 5. The van der Waals surface area contributed by atoms with Crippen molar-refractivity contribution in [3.8, 4) is 0 Å². The molecule has 2 saturated heterocycles. The number of imide groups is 1. The lowest BCUT2D eigenvalue weighted by atomic mass is 9.88. The number of anilines is 2. The van der Waals surface area contributed by atoms with Crippen LogP contribution in [0.1, 0.15) is 28.4 Å². The zero-order chi connectivity index (χ0) is 30.6. The summed E-state index contributed by atoms with van der Waals surface area (Å²) in [6.45, 7) is 0. The molecule has 220 valence electrons. The van der Waals surface area contributed by atoms with Crippen LogP contribution in [-0.2, 0) is 25.3 Å². The topological polar surface area (TPSA) is 66.9 Å². The molecule has 9 heteroatoms. The number of ether oxygens (including phenoxy) is 1. The highest BCUT2D eigenvalue weighted by Crippen LogP contribution is 2.50. The van der Waals surface area contributed by atoms with Crippen molar-refractivity contribution >= 4 is 35.2 Å². The average Bonchev–Trinajstić information content (AvgIpc) is 3.52. The van der Waals surface area contributed by atoms with Crippen molar-refractivity contribution in [1.29, 1.82) is 0 Å². The van der Waals surface area contributed by atoms with Gasteiger partial charge in [0.05, 0.1) is 29.1 Å². The minimum absolute atomic E-state index is 0.186. The molecule has 6 nitrogen and oxygen atoms in total. The van der Waals surface area contributed by atoms with Crippen LogP contribution < -0.4 is 9.80 Å². The summed E-state index contributed by atoms with van der Waals surface area (Å²) in [5.41, 5.74) is 1.74. The molecular formula is C35H25F3N2O4. The third kappa shape index (κ3) is 4.47. The van der Waals surface area contributed by atoms with Gasteiger partial charge in [-0.1, -0.05) is 97.1 Å². The molecular weight excluding hydrogens is 569 g/mol. The predicted octanol–water partition coefficient (Wildman–Crippen LogP) is 6.43. The number of fused-ring (bicyclic) bond motifs is 5. The third-order valence-corrected chi connectivity index (χ3v) is 8.53. The summed E-state index contributed by atoms with van der Waals surface area (Å²) in [5.74, 6) is -4.30. The summed E-state index contributed by atoms with van der Waals surface area (Å²) in [6.07, 6.45) is -1.85. The van der Waals surface area contributed by atoms with Gasteiger partial charge in [-0.05, 0) is 41.0 Å². The highest BCUT2D eigenvalue weighted by atomic mass is 19.4. The molecule has 0 unspecified atom stereocenters. The van der Waals surface area contributed by atoms with Crippen molar-refractivity contribution in [3.63, 3.8) is 0 Å². The number of halogens is 3. The van der Waals surface area contributed by atoms with Crippen molar-refractivity contribution in [1.82, 2.24) is 0 Å². The van der Waals surface area contributed by atoms with Gasteiger partial charge in [-0.15, -0.1) is 0 Å². The number of esters is 1. The van der Waals surface area contributed by atoms with Gasteiger partial charge >= 0.3 is 12.1 Å². The zero-order valence-electron chi connectivity index (χ0n) is 23.1. The molecule has 44 heavy (non-hydrogen) atoms. The van der Waals surface area contributed by atoms with Gasteiger partial charge in [0.25, 0.3) is 0 Å². The highest BCUT2D eigenvalue weighted by Gasteiger charge is 2.65. The van der Waals surface area contributed by atoms with E-state index in [0.717, 1.165) is 39.8 Å². The van der Waals surface area contributed by atoms with Crippen LogP contribution in [0.4, 0.5) is 24.5 Å². The summed E-state index contributed by atoms with van der Waals surface area (Å²) in [6, 6.07) is 27.9. The van der Waals surface area contributed by atoms with Gasteiger partial charge in [0.2, 0.25) is 11.8 Å². The highest BCUT2D eigenvalue weighted by molar-refractivity contribution is 6.24. The van der Waals surface area contributed by atoms with Crippen LogP contribution in [0.25, 0.3) is 6.08 Å². The first-order valence-corrected chi connectivity index (χ1v) is 14.1. The Labute approximate surface area is 251 Å². The van der Waals surface area contributed by atoms with E-state index < -0.39 is 59.5 Å². The summed E-state index contributed by atoms with van der Waals surface area (Å²) in [5, 5.41) is 0. The van der Waals surface area contributed by atoms with Gasteiger partial charge in [-0.3, -0.25) is 9.59 Å². The molecule has 4 aromatic carbocycles. The van der Waals surface area contributed by atoms with E-state index in [4.69, 9.17) is 4.74 Å². The summed E-state index contributed by atoms with van der Waals surface area (Å²) >= 11 is 0. The number of carbonyl (C=O) groups is 3. The van der Waals surface area contributed by atoms with Crippen LogP contribution in [0.3, 0.4) is 0 Å². The fourth-order valence-corrected chi connectivity index (χ4v) is 6.63. The largest absolute Gasteiger partial charge is 0.451 e. The van der Waals surface area contributed by atoms with E-state index in [0.29, 0.717) is 5.69 Å². The fraction of sp³-hybridized carbons (Fsp3) is 0.171. The Morgan fingerprint density at radius 2 is 1.36 bits per heavy atom. The van der Waals surface area contributed by atoms with Gasteiger partial charge in [0.15, 0.2) is 6.10 Å². The number of carbonyl (C=O) groups excluding carboxylic acids is 3. The molecule has 0 saturated carbocycles. The van der Waals surface area contributed by atoms with Crippen LogP contribution in [0, 0.1) is 11.8 Å². The standard InChI is InChI=1S/C35H25F3N2O4/c36-35(37,38)24-15-9-16-25(20-24)39-32(41)28-27-19-18-21-10-7-8-17-26(21)40(27)30(29(28)33(39)42)34(43)44-31(22-11-3-1-4-12-22)23-13-5-2-6-14-23/h1-20,27-31H/t27-,28-,29-,30+/m1/s1. The molecule has 3 heterocycles. The van der Waals surface area contributed by atoms with E-state index >= 15 is 0 Å². The lowest BCUT2D eigenvalue weighted by molar-refractivity contribution is -0.151. The van der Waals surface area contributed by atoms with Crippen LogP contribution in [0.15, 0.2) is 115 Å². The monoisotopic (exact) mass is 594 g/mol. The minimum atomic E-state index is -4.67. The van der Waals surface area contributed by atoms with E-state index in [2.05, 4.69) is 0 Å². The molecule has 0 aliphatic carbocycles. The molecule has 4 atom stereocenters. The summed E-state index contributed by atoms with van der Waals surface area (Å²) in [7, 11) is 0. The Morgan fingerprint density at radius 3 is 2.02 bits per heavy atom. The van der Waals surface area contributed by atoms with Crippen LogP contribution in [0.5, 0.6) is 0 Å². The maximum atomic E-state index is 14.4. The molecule has 0 bridgehead atoms. The first-order valence-electron chi connectivity index (χ1n) is 14.1. The molecule has 0 spiro atoms. The van der Waals surface area contributed by atoms with E-state index in [-0.39, 0.29) is 5.69 Å². The molecule has 0 aromatic heterocycles. The molecule has 4 aromatic rings. The molecule has 2 fully saturated rings. The van der Waals surface area contributed by atoms with E-state index in [1.165, 1.54) is 6.07 Å². The summed E-state index contributed by atoms with van der Waals surface area (Å²) < 4.78 is 46.9. The Kier molecular flexibility index (Phi) is 6.61. The number of hydrogen-bond acceptors (Lipinski definition) is 5. The Bertz CT molecular complexity index is 1750. The normalized spacial score (nSPS) is 22.2. The summed E-state index contributed by atoms with van der Waals surface area (Å²) in [4.78, 5) is 45.0. The molecule has 0 N–H and O–H groups in total. The minimum Gasteiger partial charge on any atom is -0.451 e. The van der Waals surface area contributed by atoms with E-state index in [1.54, 1.807) is 17.0 Å². The van der Waals surface area contributed by atoms with E-state index in [9.17, 15) is 27.6 Å². The SMILES string of the molecule is O=C(OC(c1ccccc1)c1ccccc1)[C@@H]1[C@@H]2C(=O)N(c3cccc(C(F)(F)F)c3)C(=O)[C@@H]2[C@H]2C=Cc3ccccc3N21. The Balaban J connectivity index is 1.31. The van der Waals surface area contributed by atoms with Crippen molar-refractivity contribution in [2.45, 2.75) is 24.4 Å². The van der Waals surface area contributed by atoms with Gasteiger partial charge in [-0.25, -0.2) is 9.69 Å². The van der Waals surface area contributed by atoms with Crippen molar-refractivity contribution in [2.75, 3.05) is 9.80 Å². The van der Waals surface area contributed by atoms with Crippen LogP contribution in [0.2, 0.25) is 0 Å². The second-order valence-electron chi connectivity index (χ2n) is 11.0.